The number of carbonyl (C=O) groups excluding carboxylic acids is 2. The van der Waals surface area contributed by atoms with Crippen molar-refractivity contribution in [2.24, 2.45) is 5.73 Å². The number of fused-ring (bicyclic) bond motifs is 1. The highest BCUT2D eigenvalue weighted by atomic mass is 35.5. The third-order valence-corrected chi connectivity index (χ3v) is 5.94. The van der Waals surface area contributed by atoms with E-state index in [2.05, 4.69) is 4.98 Å². The quantitative estimate of drug-likeness (QED) is 0.603. The predicted molar refractivity (Wildman–Crippen MR) is 118 cm³/mol. The van der Waals surface area contributed by atoms with E-state index in [1.165, 1.54) is 23.2 Å². The monoisotopic (exact) mass is 453 g/mol. The van der Waals surface area contributed by atoms with Crippen molar-refractivity contribution in [2.45, 2.75) is 31.8 Å². The van der Waals surface area contributed by atoms with Gasteiger partial charge in [-0.15, -0.1) is 0 Å². The molecule has 0 fully saturated rings. The van der Waals surface area contributed by atoms with Gasteiger partial charge in [0.05, 0.1) is 11.6 Å². The van der Waals surface area contributed by atoms with Gasteiger partial charge in [-0.1, -0.05) is 29.3 Å². The standard InChI is InChI=1S/C24H21ClFN3O3/c1-13-4-7-21(30)18(9-13)24(32)29(22(23(27)31)14-3-2-8-28-12-14)20-6-5-16-17(20)10-15(25)11-19(16)26/h2-4,7-12,20,22,30H,5-6H2,1H3,(H2,27,31)/t20-,22?/m1/s1. The Labute approximate surface area is 189 Å². The number of benzene rings is 2. The molecule has 0 spiro atoms. The molecule has 3 N–H and O–H groups in total. The molecule has 1 aliphatic rings. The molecule has 164 valence electrons. The highest BCUT2D eigenvalue weighted by Gasteiger charge is 2.41. The van der Waals surface area contributed by atoms with E-state index < -0.39 is 29.7 Å². The lowest BCUT2D eigenvalue weighted by molar-refractivity contribution is -0.123. The number of aryl methyl sites for hydroxylation is 1. The Morgan fingerprint density at radius 2 is 2.06 bits per heavy atom. The van der Waals surface area contributed by atoms with Gasteiger partial charge in [0, 0.05) is 23.0 Å². The van der Waals surface area contributed by atoms with Crippen molar-refractivity contribution in [3.63, 3.8) is 0 Å². The Bertz CT molecular complexity index is 1200. The van der Waals surface area contributed by atoms with Crippen LogP contribution in [0.3, 0.4) is 0 Å². The molecule has 8 heteroatoms. The summed E-state index contributed by atoms with van der Waals surface area (Å²) in [6, 6.07) is 8.89. The normalized spacial score (nSPS) is 15.8. The fraction of sp³-hybridized carbons (Fsp3) is 0.208. The first-order chi connectivity index (χ1) is 15.3. The van der Waals surface area contributed by atoms with Gasteiger partial charge in [-0.2, -0.15) is 0 Å². The van der Waals surface area contributed by atoms with Crippen molar-refractivity contribution >= 4 is 23.4 Å². The minimum atomic E-state index is -1.19. The molecule has 1 unspecified atom stereocenters. The third kappa shape index (κ3) is 3.91. The molecule has 0 radical (unpaired) electrons. The highest BCUT2D eigenvalue weighted by Crippen LogP contribution is 2.43. The maximum Gasteiger partial charge on any atom is 0.259 e. The number of nitrogens with zero attached hydrogens (tertiary/aromatic N) is 2. The molecule has 32 heavy (non-hydrogen) atoms. The Kier molecular flexibility index (Phi) is 5.84. The molecule has 2 amide bonds. The minimum Gasteiger partial charge on any atom is -0.507 e. The number of carbonyl (C=O) groups is 2. The molecule has 2 aromatic carbocycles. The van der Waals surface area contributed by atoms with Crippen LogP contribution in [0.1, 0.15) is 51.1 Å². The topological polar surface area (TPSA) is 96.5 Å². The fourth-order valence-electron chi connectivity index (χ4n) is 4.31. The number of pyridine rings is 1. The van der Waals surface area contributed by atoms with Crippen LogP contribution in [0.5, 0.6) is 5.75 Å². The van der Waals surface area contributed by atoms with Gasteiger partial charge < -0.3 is 15.7 Å². The van der Waals surface area contributed by atoms with Crippen LogP contribution in [0.15, 0.2) is 54.9 Å². The van der Waals surface area contributed by atoms with Crippen molar-refractivity contribution in [3.8, 4) is 5.75 Å². The summed E-state index contributed by atoms with van der Waals surface area (Å²) in [5, 5.41) is 10.6. The first-order valence-electron chi connectivity index (χ1n) is 10.1. The number of aromatic nitrogens is 1. The first kappa shape index (κ1) is 21.8. The largest absolute Gasteiger partial charge is 0.507 e. The molecule has 4 rings (SSSR count). The summed E-state index contributed by atoms with van der Waals surface area (Å²) >= 11 is 6.12. The number of phenolic OH excluding ortho intramolecular Hbond substituents is 1. The van der Waals surface area contributed by atoms with E-state index in [0.29, 0.717) is 29.5 Å². The van der Waals surface area contributed by atoms with Crippen LogP contribution >= 0.6 is 11.6 Å². The second kappa shape index (κ2) is 8.59. The van der Waals surface area contributed by atoms with Crippen LogP contribution in [0.25, 0.3) is 0 Å². The average Bonchev–Trinajstić information content (AvgIpc) is 3.17. The zero-order valence-corrected chi connectivity index (χ0v) is 18.0. The zero-order valence-electron chi connectivity index (χ0n) is 17.3. The van der Waals surface area contributed by atoms with E-state index >= 15 is 0 Å². The smallest absolute Gasteiger partial charge is 0.259 e. The van der Waals surface area contributed by atoms with E-state index in [-0.39, 0.29) is 16.3 Å². The molecule has 6 nitrogen and oxygen atoms in total. The highest BCUT2D eigenvalue weighted by molar-refractivity contribution is 6.30. The summed E-state index contributed by atoms with van der Waals surface area (Å²) in [6.45, 7) is 1.78. The molecule has 0 saturated heterocycles. The maximum atomic E-state index is 14.6. The van der Waals surface area contributed by atoms with Crippen molar-refractivity contribution < 1.29 is 19.1 Å². The number of rotatable bonds is 5. The molecule has 0 bridgehead atoms. The molecule has 0 aliphatic heterocycles. The van der Waals surface area contributed by atoms with Gasteiger partial charge in [0.15, 0.2) is 0 Å². The number of phenols is 1. The summed E-state index contributed by atoms with van der Waals surface area (Å²) in [5.74, 6) is -2.06. The lowest BCUT2D eigenvalue weighted by atomic mass is 9.98. The molecule has 2 atom stereocenters. The van der Waals surface area contributed by atoms with Crippen LogP contribution in [0, 0.1) is 12.7 Å². The molecular formula is C24H21ClFN3O3. The van der Waals surface area contributed by atoms with Gasteiger partial charge in [0.2, 0.25) is 5.91 Å². The van der Waals surface area contributed by atoms with E-state index in [1.807, 2.05) is 0 Å². The van der Waals surface area contributed by atoms with Crippen LogP contribution < -0.4 is 5.73 Å². The SMILES string of the molecule is Cc1ccc(O)c(C(=O)N(C(C(N)=O)c2cccnc2)[C@@H]2CCc3c(F)cc(Cl)cc32)c1. The van der Waals surface area contributed by atoms with Crippen molar-refractivity contribution in [1.82, 2.24) is 9.88 Å². The molecule has 3 aromatic rings. The molecule has 0 saturated carbocycles. The first-order valence-corrected chi connectivity index (χ1v) is 10.4. The number of nitrogens with two attached hydrogens (primary N) is 1. The minimum absolute atomic E-state index is 0.0242. The molecule has 1 aliphatic carbocycles. The van der Waals surface area contributed by atoms with Crippen LogP contribution in [0.2, 0.25) is 5.02 Å². The summed E-state index contributed by atoms with van der Waals surface area (Å²) in [4.78, 5) is 31.9. The zero-order chi connectivity index (χ0) is 23.0. The summed E-state index contributed by atoms with van der Waals surface area (Å²) in [7, 11) is 0. The number of hydrogen-bond donors (Lipinski definition) is 2. The van der Waals surface area contributed by atoms with Gasteiger partial charge in [-0.25, -0.2) is 4.39 Å². The molecular weight excluding hydrogens is 433 g/mol. The molecule has 1 aromatic heterocycles. The summed E-state index contributed by atoms with van der Waals surface area (Å²) < 4.78 is 14.6. The fourth-order valence-corrected chi connectivity index (χ4v) is 4.52. The van der Waals surface area contributed by atoms with Gasteiger partial charge in [-0.3, -0.25) is 14.6 Å². The van der Waals surface area contributed by atoms with Gasteiger partial charge >= 0.3 is 0 Å². The maximum absolute atomic E-state index is 14.6. The van der Waals surface area contributed by atoms with Crippen LogP contribution in [-0.2, 0) is 11.2 Å². The Balaban J connectivity index is 1.91. The second-order valence-corrected chi connectivity index (χ2v) is 8.27. The Morgan fingerprint density at radius 3 is 2.75 bits per heavy atom. The number of halogens is 2. The predicted octanol–water partition coefficient (Wildman–Crippen LogP) is 4.24. The summed E-state index contributed by atoms with van der Waals surface area (Å²) in [6.07, 6.45) is 3.74. The number of aromatic hydroxyl groups is 1. The number of primary amides is 1. The van der Waals surface area contributed by atoms with E-state index in [9.17, 15) is 19.1 Å². The van der Waals surface area contributed by atoms with E-state index in [0.717, 1.165) is 5.56 Å². The van der Waals surface area contributed by atoms with E-state index in [4.69, 9.17) is 17.3 Å². The summed E-state index contributed by atoms with van der Waals surface area (Å²) in [5.41, 5.74) is 7.93. The Hall–Kier alpha value is -3.45. The lowest BCUT2D eigenvalue weighted by Crippen LogP contribution is -2.43. The van der Waals surface area contributed by atoms with Gasteiger partial charge in [0.1, 0.15) is 17.6 Å². The lowest BCUT2D eigenvalue weighted by Gasteiger charge is -2.36. The second-order valence-electron chi connectivity index (χ2n) is 7.83. The van der Waals surface area contributed by atoms with Crippen LogP contribution in [-0.4, -0.2) is 26.8 Å². The van der Waals surface area contributed by atoms with Gasteiger partial charge in [0.25, 0.3) is 5.91 Å². The third-order valence-electron chi connectivity index (χ3n) is 5.72. The van der Waals surface area contributed by atoms with Crippen molar-refractivity contribution in [2.75, 3.05) is 0 Å². The van der Waals surface area contributed by atoms with Crippen molar-refractivity contribution in [3.05, 3.63) is 93.5 Å². The van der Waals surface area contributed by atoms with Crippen LogP contribution in [0.4, 0.5) is 4.39 Å². The van der Waals surface area contributed by atoms with E-state index in [1.54, 1.807) is 43.5 Å². The number of amides is 2. The van der Waals surface area contributed by atoms with Crippen molar-refractivity contribution in [1.29, 1.82) is 0 Å². The average molecular weight is 454 g/mol. The van der Waals surface area contributed by atoms with Gasteiger partial charge in [-0.05, 0) is 61.2 Å². The number of hydrogen-bond acceptors (Lipinski definition) is 4. The Morgan fingerprint density at radius 1 is 1.28 bits per heavy atom. The molecule has 1 heterocycles.